The maximum absolute atomic E-state index is 12.7. The number of pyridine rings is 1. The molecule has 8 heteroatoms. The number of benzene rings is 1. The predicted molar refractivity (Wildman–Crippen MR) is 105 cm³/mol. The minimum atomic E-state index is -0.794. The highest BCUT2D eigenvalue weighted by atomic mass is 16.5. The molecule has 0 aliphatic carbocycles. The number of anilines is 3. The van der Waals surface area contributed by atoms with E-state index in [9.17, 15) is 9.59 Å². The zero-order valence-electron chi connectivity index (χ0n) is 15.6. The Labute approximate surface area is 163 Å². The number of aromatic nitrogens is 1. The third-order valence-electron chi connectivity index (χ3n) is 4.80. The standard InChI is InChI=1S/C20H22N4O4/c1-14(25)24-13-18(28-17-5-3-2-4-16(17)24)20(26)22-15-6-7-19(21-12-15)23-8-10-27-11-9-23/h2-7,12,18H,8-11,13H2,1H3,(H,22,26)/t18-/m0/s1. The number of amides is 2. The highest BCUT2D eigenvalue weighted by Gasteiger charge is 2.32. The number of ether oxygens (including phenoxy) is 2. The maximum atomic E-state index is 12.7. The third-order valence-corrected chi connectivity index (χ3v) is 4.80. The number of nitrogens with zero attached hydrogens (tertiary/aromatic N) is 3. The van der Waals surface area contributed by atoms with Crippen LogP contribution >= 0.6 is 0 Å². The van der Waals surface area contributed by atoms with Gasteiger partial charge in [0.05, 0.1) is 37.3 Å². The molecule has 2 aromatic rings. The fraction of sp³-hybridized carbons (Fsp3) is 0.350. The van der Waals surface area contributed by atoms with Crippen molar-refractivity contribution >= 4 is 29.0 Å². The Kier molecular flexibility index (Phi) is 5.12. The Morgan fingerprint density at radius 1 is 1.14 bits per heavy atom. The number of carbonyl (C=O) groups excluding carboxylic acids is 2. The normalized spacial score (nSPS) is 18.8. The van der Waals surface area contributed by atoms with E-state index in [1.807, 2.05) is 24.3 Å². The summed E-state index contributed by atoms with van der Waals surface area (Å²) in [7, 11) is 0. The van der Waals surface area contributed by atoms with Crippen LogP contribution in [0.4, 0.5) is 17.2 Å². The molecule has 2 aliphatic heterocycles. The smallest absolute Gasteiger partial charge is 0.267 e. The molecule has 1 aromatic heterocycles. The van der Waals surface area contributed by atoms with Gasteiger partial charge < -0.3 is 24.6 Å². The van der Waals surface area contributed by atoms with Gasteiger partial charge in [-0.2, -0.15) is 0 Å². The van der Waals surface area contributed by atoms with Crippen LogP contribution in [0.2, 0.25) is 0 Å². The SMILES string of the molecule is CC(=O)N1C[C@@H](C(=O)Nc2ccc(N3CCOCC3)nc2)Oc2ccccc21. The van der Waals surface area contributed by atoms with Crippen LogP contribution in [-0.2, 0) is 14.3 Å². The first-order chi connectivity index (χ1) is 13.6. The lowest BCUT2D eigenvalue weighted by molar-refractivity contribution is -0.123. The summed E-state index contributed by atoms with van der Waals surface area (Å²) in [6.45, 7) is 4.62. The van der Waals surface area contributed by atoms with Crippen molar-refractivity contribution in [3.63, 3.8) is 0 Å². The van der Waals surface area contributed by atoms with Gasteiger partial charge >= 0.3 is 0 Å². The van der Waals surface area contributed by atoms with Crippen LogP contribution in [0.5, 0.6) is 5.75 Å². The molecule has 2 aliphatic rings. The van der Waals surface area contributed by atoms with E-state index in [4.69, 9.17) is 9.47 Å². The molecule has 1 saturated heterocycles. The summed E-state index contributed by atoms with van der Waals surface area (Å²) in [6.07, 6.45) is 0.833. The second kappa shape index (κ2) is 7.85. The van der Waals surface area contributed by atoms with E-state index in [0.717, 1.165) is 18.9 Å². The molecule has 0 spiro atoms. The lowest BCUT2D eigenvalue weighted by Gasteiger charge is -2.33. The van der Waals surface area contributed by atoms with Gasteiger partial charge in [-0.15, -0.1) is 0 Å². The molecule has 1 fully saturated rings. The molecule has 4 rings (SSSR count). The lowest BCUT2D eigenvalue weighted by atomic mass is 10.1. The first-order valence-electron chi connectivity index (χ1n) is 9.25. The molecule has 0 bridgehead atoms. The molecule has 1 N–H and O–H groups in total. The molecule has 8 nitrogen and oxygen atoms in total. The van der Waals surface area contributed by atoms with Crippen molar-refractivity contribution in [3.8, 4) is 5.75 Å². The van der Waals surface area contributed by atoms with Crippen LogP contribution in [0.1, 0.15) is 6.92 Å². The number of hydrogen-bond acceptors (Lipinski definition) is 6. The van der Waals surface area contributed by atoms with Gasteiger partial charge in [0.25, 0.3) is 5.91 Å². The van der Waals surface area contributed by atoms with Crippen molar-refractivity contribution in [1.82, 2.24) is 4.98 Å². The van der Waals surface area contributed by atoms with Gasteiger partial charge in [-0.1, -0.05) is 12.1 Å². The summed E-state index contributed by atoms with van der Waals surface area (Å²) in [4.78, 5) is 32.8. The minimum absolute atomic E-state index is 0.134. The molecule has 0 radical (unpaired) electrons. The Balaban J connectivity index is 1.44. The van der Waals surface area contributed by atoms with Crippen LogP contribution < -0.4 is 19.9 Å². The van der Waals surface area contributed by atoms with E-state index in [0.29, 0.717) is 30.3 Å². The van der Waals surface area contributed by atoms with Crippen molar-refractivity contribution in [2.75, 3.05) is 48.0 Å². The summed E-state index contributed by atoms with van der Waals surface area (Å²) in [5.74, 6) is 0.920. The van der Waals surface area contributed by atoms with Gasteiger partial charge in [0.2, 0.25) is 5.91 Å². The number of fused-ring (bicyclic) bond motifs is 1. The van der Waals surface area contributed by atoms with E-state index >= 15 is 0 Å². The summed E-state index contributed by atoms with van der Waals surface area (Å²) < 4.78 is 11.2. The highest BCUT2D eigenvalue weighted by Crippen LogP contribution is 2.33. The number of hydrogen-bond donors (Lipinski definition) is 1. The molecule has 28 heavy (non-hydrogen) atoms. The van der Waals surface area contributed by atoms with Crippen molar-refractivity contribution in [2.45, 2.75) is 13.0 Å². The van der Waals surface area contributed by atoms with Crippen LogP contribution in [0, 0.1) is 0 Å². The van der Waals surface area contributed by atoms with Gasteiger partial charge in [0.1, 0.15) is 11.6 Å². The summed E-state index contributed by atoms with van der Waals surface area (Å²) in [5.41, 5.74) is 1.26. The van der Waals surface area contributed by atoms with Gasteiger partial charge in [0.15, 0.2) is 6.10 Å². The van der Waals surface area contributed by atoms with Crippen molar-refractivity contribution in [2.24, 2.45) is 0 Å². The average molecular weight is 382 g/mol. The molecule has 1 aromatic carbocycles. The quantitative estimate of drug-likeness (QED) is 0.869. The Hall–Kier alpha value is -3.13. The number of para-hydroxylation sites is 2. The summed E-state index contributed by atoms with van der Waals surface area (Å²) in [5, 5.41) is 2.82. The predicted octanol–water partition coefficient (Wildman–Crippen LogP) is 1.67. The molecule has 3 heterocycles. The van der Waals surface area contributed by atoms with Crippen LogP contribution in [0.3, 0.4) is 0 Å². The van der Waals surface area contributed by atoms with Gasteiger partial charge in [0, 0.05) is 20.0 Å². The van der Waals surface area contributed by atoms with Gasteiger partial charge in [-0.05, 0) is 24.3 Å². The zero-order chi connectivity index (χ0) is 19.5. The van der Waals surface area contributed by atoms with Crippen LogP contribution in [0.15, 0.2) is 42.6 Å². The fourth-order valence-corrected chi connectivity index (χ4v) is 3.33. The summed E-state index contributed by atoms with van der Waals surface area (Å²) in [6, 6.07) is 10.9. The van der Waals surface area contributed by atoms with E-state index < -0.39 is 6.10 Å². The molecule has 0 saturated carbocycles. The van der Waals surface area contributed by atoms with Crippen molar-refractivity contribution in [3.05, 3.63) is 42.6 Å². The molecule has 0 unspecified atom stereocenters. The lowest BCUT2D eigenvalue weighted by Crippen LogP contribution is -2.48. The number of carbonyl (C=O) groups is 2. The molecular weight excluding hydrogens is 360 g/mol. The Bertz CT molecular complexity index is 865. The van der Waals surface area contributed by atoms with E-state index in [2.05, 4.69) is 15.2 Å². The molecule has 146 valence electrons. The van der Waals surface area contributed by atoms with Crippen molar-refractivity contribution in [1.29, 1.82) is 0 Å². The highest BCUT2D eigenvalue weighted by molar-refractivity contribution is 5.99. The fourth-order valence-electron chi connectivity index (χ4n) is 3.33. The molecule has 2 amide bonds. The van der Waals surface area contributed by atoms with Gasteiger partial charge in [-0.3, -0.25) is 9.59 Å². The first kappa shape index (κ1) is 18.2. The monoisotopic (exact) mass is 382 g/mol. The average Bonchev–Trinajstić information content (AvgIpc) is 2.74. The number of nitrogens with one attached hydrogen (secondary N) is 1. The third kappa shape index (κ3) is 3.77. The number of morpholine rings is 1. The largest absolute Gasteiger partial charge is 0.476 e. The number of rotatable bonds is 3. The topological polar surface area (TPSA) is 84.0 Å². The Morgan fingerprint density at radius 3 is 2.64 bits per heavy atom. The first-order valence-corrected chi connectivity index (χ1v) is 9.25. The molecular formula is C20H22N4O4. The molecule has 1 atom stereocenters. The second-order valence-electron chi connectivity index (χ2n) is 6.70. The van der Waals surface area contributed by atoms with Gasteiger partial charge in [-0.25, -0.2) is 4.98 Å². The van der Waals surface area contributed by atoms with Crippen LogP contribution in [0.25, 0.3) is 0 Å². The minimum Gasteiger partial charge on any atom is -0.476 e. The second-order valence-corrected chi connectivity index (χ2v) is 6.70. The van der Waals surface area contributed by atoms with Crippen molar-refractivity contribution < 1.29 is 19.1 Å². The van der Waals surface area contributed by atoms with E-state index in [-0.39, 0.29) is 18.4 Å². The maximum Gasteiger partial charge on any atom is 0.267 e. The van der Waals surface area contributed by atoms with E-state index in [1.54, 1.807) is 23.2 Å². The van der Waals surface area contributed by atoms with E-state index in [1.165, 1.54) is 6.92 Å². The summed E-state index contributed by atoms with van der Waals surface area (Å²) >= 11 is 0. The van der Waals surface area contributed by atoms with Crippen LogP contribution in [-0.4, -0.2) is 55.8 Å². The Morgan fingerprint density at radius 2 is 1.93 bits per heavy atom. The zero-order valence-corrected chi connectivity index (χ0v) is 15.6.